The van der Waals surface area contributed by atoms with Gasteiger partial charge in [-0.2, -0.15) is 4.31 Å². The average molecular weight is 417 g/mol. The molecule has 1 saturated heterocycles. The van der Waals surface area contributed by atoms with Crippen LogP contribution in [0.5, 0.6) is 11.5 Å². The number of nitrogens with one attached hydrogen (secondary N) is 2. The van der Waals surface area contributed by atoms with E-state index in [0.29, 0.717) is 43.4 Å². The van der Waals surface area contributed by atoms with E-state index in [2.05, 4.69) is 10.6 Å². The number of nitrogens with zero attached hydrogens (tertiary/aromatic N) is 1. The van der Waals surface area contributed by atoms with Gasteiger partial charge in [0.2, 0.25) is 10.0 Å². The molecule has 11 heteroatoms. The molecule has 0 aromatic heterocycles. The Morgan fingerprint density at radius 1 is 1.25 bits per heavy atom. The summed E-state index contributed by atoms with van der Waals surface area (Å²) >= 11 is 0. The molecule has 1 aromatic carbocycles. The number of aliphatic hydroxyl groups excluding tert-OH is 1. The number of hydrogen-bond donors (Lipinski definition) is 3. The van der Waals surface area contributed by atoms with E-state index in [4.69, 9.17) is 14.2 Å². The second-order valence-electron chi connectivity index (χ2n) is 6.09. The Labute approximate surface area is 164 Å². The minimum absolute atomic E-state index is 0.0376. The van der Waals surface area contributed by atoms with Gasteiger partial charge in [0.25, 0.3) is 0 Å². The van der Waals surface area contributed by atoms with Crippen LogP contribution in [0.15, 0.2) is 18.2 Å². The highest BCUT2D eigenvalue weighted by Gasteiger charge is 2.24. The van der Waals surface area contributed by atoms with Gasteiger partial charge in [0.1, 0.15) is 17.6 Å². The number of urea groups is 1. The molecule has 3 N–H and O–H groups in total. The molecule has 0 bridgehead atoms. The van der Waals surface area contributed by atoms with Gasteiger partial charge < -0.3 is 30.0 Å². The minimum Gasteiger partial charge on any atom is -0.497 e. The third-order valence-corrected chi connectivity index (χ3v) is 6.13. The summed E-state index contributed by atoms with van der Waals surface area (Å²) in [5.74, 6) is 0.812. The number of sulfonamides is 1. The van der Waals surface area contributed by atoms with E-state index in [0.717, 1.165) is 0 Å². The Morgan fingerprint density at radius 3 is 2.61 bits per heavy atom. The first-order valence-corrected chi connectivity index (χ1v) is 10.5. The maximum Gasteiger partial charge on any atom is 0.314 e. The van der Waals surface area contributed by atoms with Crippen LogP contribution in [-0.2, 0) is 14.8 Å². The van der Waals surface area contributed by atoms with Crippen molar-refractivity contribution in [2.24, 2.45) is 0 Å². The van der Waals surface area contributed by atoms with E-state index < -0.39 is 22.2 Å². The molecule has 1 aliphatic rings. The maximum absolute atomic E-state index is 12.2. The van der Waals surface area contributed by atoms with Crippen molar-refractivity contribution >= 4 is 16.1 Å². The van der Waals surface area contributed by atoms with E-state index >= 15 is 0 Å². The summed E-state index contributed by atoms with van der Waals surface area (Å²) in [6, 6.07) is 4.41. The zero-order chi connectivity index (χ0) is 20.6. The normalized spacial score (nSPS) is 16.2. The lowest BCUT2D eigenvalue weighted by atomic mass is 10.1. The monoisotopic (exact) mass is 417 g/mol. The lowest BCUT2D eigenvalue weighted by Crippen LogP contribution is -2.45. The van der Waals surface area contributed by atoms with Crippen molar-refractivity contribution in [3.63, 3.8) is 0 Å². The van der Waals surface area contributed by atoms with Crippen molar-refractivity contribution in [3.8, 4) is 11.5 Å². The fraction of sp³-hybridized carbons (Fsp3) is 0.588. The fourth-order valence-electron chi connectivity index (χ4n) is 2.71. The molecule has 1 unspecified atom stereocenters. The Kier molecular flexibility index (Phi) is 8.30. The van der Waals surface area contributed by atoms with Gasteiger partial charge in [0, 0.05) is 31.7 Å². The predicted molar refractivity (Wildman–Crippen MR) is 102 cm³/mol. The molecule has 1 heterocycles. The summed E-state index contributed by atoms with van der Waals surface area (Å²) in [6.07, 6.45) is -1.02. The lowest BCUT2D eigenvalue weighted by molar-refractivity contribution is 0.0730. The summed E-state index contributed by atoms with van der Waals surface area (Å²) in [5.41, 5.74) is 0.469. The molecule has 158 valence electrons. The highest BCUT2D eigenvalue weighted by molar-refractivity contribution is 7.89. The van der Waals surface area contributed by atoms with E-state index in [1.54, 1.807) is 18.2 Å². The Hall–Kier alpha value is -2.08. The summed E-state index contributed by atoms with van der Waals surface area (Å²) in [6.45, 7) is 1.28. The number of hydrogen-bond acceptors (Lipinski definition) is 7. The third-order valence-electron chi connectivity index (χ3n) is 4.26. The largest absolute Gasteiger partial charge is 0.497 e. The number of rotatable bonds is 9. The summed E-state index contributed by atoms with van der Waals surface area (Å²) in [7, 11) is -0.451. The van der Waals surface area contributed by atoms with E-state index in [9.17, 15) is 18.3 Å². The van der Waals surface area contributed by atoms with Gasteiger partial charge in [-0.25, -0.2) is 13.2 Å². The first kappa shape index (κ1) is 22.2. The molecule has 1 aromatic rings. The molecule has 28 heavy (non-hydrogen) atoms. The Morgan fingerprint density at radius 2 is 1.96 bits per heavy atom. The smallest absolute Gasteiger partial charge is 0.314 e. The molecule has 0 aliphatic carbocycles. The molecular formula is C17H27N3O7S. The quantitative estimate of drug-likeness (QED) is 0.503. The van der Waals surface area contributed by atoms with E-state index in [1.165, 1.54) is 18.5 Å². The van der Waals surface area contributed by atoms with Crippen molar-refractivity contribution in [1.82, 2.24) is 14.9 Å². The fourth-order valence-corrected chi connectivity index (χ4v) is 4.03. The number of aliphatic hydroxyl groups is 1. The Bertz CT molecular complexity index is 751. The van der Waals surface area contributed by atoms with Crippen LogP contribution in [0, 0.1) is 0 Å². The number of methoxy groups -OCH3 is 2. The van der Waals surface area contributed by atoms with Gasteiger partial charge in [-0.1, -0.05) is 0 Å². The van der Waals surface area contributed by atoms with Crippen LogP contribution >= 0.6 is 0 Å². The number of ether oxygens (including phenoxy) is 3. The van der Waals surface area contributed by atoms with Crippen LogP contribution in [0.25, 0.3) is 0 Å². The first-order valence-electron chi connectivity index (χ1n) is 8.84. The van der Waals surface area contributed by atoms with Gasteiger partial charge >= 0.3 is 6.03 Å². The molecule has 1 atom stereocenters. The summed E-state index contributed by atoms with van der Waals surface area (Å²) in [5, 5.41) is 15.3. The number of morpholine rings is 1. The highest BCUT2D eigenvalue weighted by Crippen LogP contribution is 2.29. The van der Waals surface area contributed by atoms with Crippen LogP contribution in [-0.4, -0.2) is 83.2 Å². The standard InChI is InChI=1S/C17H27N3O7S/c1-25-13-3-4-16(26-2)14(11-13)15(21)12-19-17(22)18-5-10-28(23,24)20-6-8-27-9-7-20/h3-4,11,15,21H,5-10,12H2,1-2H3,(H2,18,19,22). The summed E-state index contributed by atoms with van der Waals surface area (Å²) in [4.78, 5) is 11.9. The van der Waals surface area contributed by atoms with Gasteiger partial charge in [-0.15, -0.1) is 0 Å². The highest BCUT2D eigenvalue weighted by atomic mass is 32.2. The van der Waals surface area contributed by atoms with E-state index in [-0.39, 0.29) is 18.8 Å². The molecule has 1 aliphatic heterocycles. The van der Waals surface area contributed by atoms with Crippen molar-refractivity contribution in [1.29, 1.82) is 0 Å². The van der Waals surface area contributed by atoms with Crippen molar-refractivity contribution in [2.75, 3.05) is 59.4 Å². The SMILES string of the molecule is COc1ccc(OC)c(C(O)CNC(=O)NCCS(=O)(=O)N2CCOCC2)c1. The topological polar surface area (TPSA) is 126 Å². The van der Waals surface area contributed by atoms with Gasteiger partial charge in [-0.3, -0.25) is 0 Å². The minimum atomic E-state index is -3.44. The van der Waals surface area contributed by atoms with Gasteiger partial charge in [-0.05, 0) is 18.2 Å². The molecule has 2 rings (SSSR count). The molecule has 2 amide bonds. The molecule has 10 nitrogen and oxygen atoms in total. The maximum atomic E-state index is 12.2. The predicted octanol–water partition coefficient (Wildman–Crippen LogP) is -0.302. The van der Waals surface area contributed by atoms with Crippen LogP contribution < -0.4 is 20.1 Å². The van der Waals surface area contributed by atoms with Crippen molar-refractivity contribution < 1.29 is 32.5 Å². The lowest BCUT2D eigenvalue weighted by Gasteiger charge is -2.26. The average Bonchev–Trinajstić information content (AvgIpc) is 2.72. The van der Waals surface area contributed by atoms with Gasteiger partial charge in [0.05, 0.1) is 33.2 Å². The number of carbonyl (C=O) groups excluding carboxylic acids is 1. The van der Waals surface area contributed by atoms with Crippen LogP contribution in [0.3, 0.4) is 0 Å². The summed E-state index contributed by atoms with van der Waals surface area (Å²) < 4.78 is 41.2. The number of amides is 2. The van der Waals surface area contributed by atoms with Crippen molar-refractivity contribution in [3.05, 3.63) is 23.8 Å². The molecule has 0 radical (unpaired) electrons. The molecule has 0 spiro atoms. The second kappa shape index (κ2) is 10.5. The molecular weight excluding hydrogens is 390 g/mol. The van der Waals surface area contributed by atoms with Crippen molar-refractivity contribution in [2.45, 2.75) is 6.10 Å². The van der Waals surface area contributed by atoms with Crippen LogP contribution in [0.4, 0.5) is 4.79 Å². The molecule has 1 fully saturated rings. The zero-order valence-corrected chi connectivity index (χ0v) is 16.8. The number of carbonyl (C=O) groups is 1. The molecule has 0 saturated carbocycles. The third kappa shape index (κ3) is 6.23. The zero-order valence-electron chi connectivity index (χ0n) is 16.0. The number of benzene rings is 1. The van der Waals surface area contributed by atoms with Gasteiger partial charge in [0.15, 0.2) is 0 Å². The second-order valence-corrected chi connectivity index (χ2v) is 8.18. The van der Waals surface area contributed by atoms with Crippen LogP contribution in [0.2, 0.25) is 0 Å². The Balaban J connectivity index is 1.79. The first-order chi connectivity index (χ1) is 13.4. The van der Waals surface area contributed by atoms with Crippen LogP contribution in [0.1, 0.15) is 11.7 Å². The van der Waals surface area contributed by atoms with E-state index in [1.807, 2.05) is 0 Å².